The molecule has 2 aliphatic carbocycles. The zero-order valence-corrected chi connectivity index (χ0v) is 19.9. The molecule has 4 aliphatic rings. The van der Waals surface area contributed by atoms with Crippen molar-refractivity contribution in [2.45, 2.75) is 106 Å². The highest BCUT2D eigenvalue weighted by Gasteiger charge is 2.42. The zero-order valence-electron chi connectivity index (χ0n) is 18.3. The molecule has 2 saturated carbocycles. The number of hydrogen-bond donors (Lipinski definition) is 3. The van der Waals surface area contributed by atoms with Crippen LogP contribution in [-0.4, -0.2) is 57.6 Å². The minimum atomic E-state index is -0.813. The van der Waals surface area contributed by atoms with Crippen LogP contribution in [0.5, 0.6) is 0 Å². The zero-order chi connectivity index (χ0) is 22.0. The second-order valence-electron chi connectivity index (χ2n) is 9.89. The maximum Gasteiger partial charge on any atom is 0.249 e. The number of carbonyl (C=O) groups excluding carboxylic acids is 2. The van der Waals surface area contributed by atoms with E-state index in [-0.39, 0.29) is 40.6 Å². The van der Waals surface area contributed by atoms with Crippen LogP contribution < -0.4 is 16.2 Å². The SMILES string of the molecule is CC1CCC(CC(=O)N2CCCC2C2NNC(C(=O)NC3CCCC(F)C3)S2)C(Cl)C1. The molecule has 0 bridgehead atoms. The largest absolute Gasteiger partial charge is 0.351 e. The maximum absolute atomic E-state index is 13.6. The molecule has 176 valence electrons. The van der Waals surface area contributed by atoms with Crippen molar-refractivity contribution in [3.05, 3.63) is 0 Å². The number of hydrazine groups is 1. The molecule has 0 aromatic carbocycles. The molecule has 3 N–H and O–H groups in total. The summed E-state index contributed by atoms with van der Waals surface area (Å²) < 4.78 is 13.6. The van der Waals surface area contributed by atoms with Gasteiger partial charge < -0.3 is 10.2 Å². The summed E-state index contributed by atoms with van der Waals surface area (Å²) in [6, 6.07) is -0.00652. The van der Waals surface area contributed by atoms with Gasteiger partial charge >= 0.3 is 0 Å². The Morgan fingerprint density at radius 3 is 2.74 bits per heavy atom. The number of nitrogens with zero attached hydrogens (tertiary/aromatic N) is 1. The van der Waals surface area contributed by atoms with Crippen LogP contribution in [0.15, 0.2) is 0 Å². The summed E-state index contributed by atoms with van der Waals surface area (Å²) in [5.74, 6) is 1.00. The van der Waals surface area contributed by atoms with E-state index in [1.807, 2.05) is 4.90 Å². The summed E-state index contributed by atoms with van der Waals surface area (Å²) in [4.78, 5) is 27.8. The number of amides is 2. The minimum absolute atomic E-state index is 0.0272. The second kappa shape index (κ2) is 10.6. The molecule has 8 atom stereocenters. The topological polar surface area (TPSA) is 73.5 Å². The van der Waals surface area contributed by atoms with Gasteiger partial charge in [-0.3, -0.25) is 9.59 Å². The standard InChI is InChI=1S/C22H36ClFN4O2S/c1-13-7-8-14(17(23)10-13)11-19(29)28-9-3-6-18(28)21-26-27-22(31-21)20(30)25-16-5-2-4-15(24)12-16/h13-18,21-22,26-27H,2-12H2,1H3,(H,25,30). The molecular weight excluding hydrogens is 439 g/mol. The number of thioether (sulfide) groups is 1. The van der Waals surface area contributed by atoms with Crippen LogP contribution in [0, 0.1) is 11.8 Å². The van der Waals surface area contributed by atoms with E-state index < -0.39 is 11.5 Å². The van der Waals surface area contributed by atoms with Gasteiger partial charge in [-0.25, -0.2) is 15.2 Å². The summed E-state index contributed by atoms with van der Waals surface area (Å²) in [5.41, 5.74) is 6.32. The van der Waals surface area contributed by atoms with E-state index in [0.717, 1.165) is 51.5 Å². The molecule has 9 heteroatoms. The normalized spacial score (nSPS) is 41.3. The number of halogens is 2. The maximum atomic E-state index is 13.6. The van der Waals surface area contributed by atoms with Gasteiger partial charge in [0.05, 0.1) is 11.4 Å². The van der Waals surface area contributed by atoms with Crippen LogP contribution in [0.1, 0.15) is 71.1 Å². The van der Waals surface area contributed by atoms with Crippen molar-refractivity contribution < 1.29 is 14.0 Å². The monoisotopic (exact) mass is 474 g/mol. The Morgan fingerprint density at radius 2 is 1.97 bits per heavy atom. The van der Waals surface area contributed by atoms with E-state index in [1.165, 1.54) is 11.8 Å². The fraction of sp³-hybridized carbons (Fsp3) is 0.909. The highest BCUT2D eigenvalue weighted by molar-refractivity contribution is 8.01. The van der Waals surface area contributed by atoms with Crippen molar-refractivity contribution in [2.75, 3.05) is 6.54 Å². The molecule has 4 rings (SSSR count). The summed E-state index contributed by atoms with van der Waals surface area (Å²) in [6.45, 7) is 3.01. The van der Waals surface area contributed by atoms with E-state index >= 15 is 0 Å². The van der Waals surface area contributed by atoms with Crippen molar-refractivity contribution in [3.63, 3.8) is 0 Å². The highest BCUT2D eigenvalue weighted by atomic mass is 35.5. The summed E-state index contributed by atoms with van der Waals surface area (Å²) in [7, 11) is 0. The molecule has 4 fully saturated rings. The predicted octanol–water partition coefficient (Wildman–Crippen LogP) is 3.30. The molecule has 6 nitrogen and oxygen atoms in total. The molecule has 2 heterocycles. The third kappa shape index (κ3) is 5.87. The van der Waals surface area contributed by atoms with Crippen molar-refractivity contribution >= 4 is 35.2 Å². The fourth-order valence-electron chi connectivity index (χ4n) is 5.59. The molecule has 2 amide bonds. The van der Waals surface area contributed by atoms with E-state index in [0.29, 0.717) is 25.2 Å². The smallest absolute Gasteiger partial charge is 0.249 e. The molecule has 2 aliphatic heterocycles. The van der Waals surface area contributed by atoms with Crippen LogP contribution in [0.3, 0.4) is 0 Å². The van der Waals surface area contributed by atoms with Crippen molar-refractivity contribution in [1.82, 2.24) is 21.1 Å². The van der Waals surface area contributed by atoms with Gasteiger partial charge in [-0.2, -0.15) is 0 Å². The Balaban J connectivity index is 1.28. The Labute approximate surface area is 194 Å². The molecule has 2 saturated heterocycles. The van der Waals surface area contributed by atoms with Gasteiger partial charge in [-0.1, -0.05) is 13.3 Å². The van der Waals surface area contributed by atoms with Gasteiger partial charge in [0.2, 0.25) is 11.8 Å². The molecule has 0 radical (unpaired) electrons. The number of rotatable bonds is 5. The first kappa shape index (κ1) is 23.6. The van der Waals surface area contributed by atoms with Gasteiger partial charge in [-0.15, -0.1) is 23.4 Å². The average Bonchev–Trinajstić information content (AvgIpc) is 3.39. The molecule has 0 aromatic heterocycles. The first-order valence-corrected chi connectivity index (χ1v) is 13.3. The number of nitrogens with one attached hydrogen (secondary N) is 3. The van der Waals surface area contributed by atoms with E-state index in [1.54, 1.807) is 0 Å². The van der Waals surface area contributed by atoms with E-state index in [4.69, 9.17) is 11.6 Å². The van der Waals surface area contributed by atoms with Gasteiger partial charge in [0.1, 0.15) is 11.5 Å². The van der Waals surface area contributed by atoms with Crippen LogP contribution in [0.25, 0.3) is 0 Å². The van der Waals surface area contributed by atoms with Crippen LogP contribution in [-0.2, 0) is 9.59 Å². The van der Waals surface area contributed by atoms with Crippen LogP contribution >= 0.6 is 23.4 Å². The lowest BCUT2D eigenvalue weighted by atomic mass is 9.81. The van der Waals surface area contributed by atoms with Crippen molar-refractivity contribution in [3.8, 4) is 0 Å². The van der Waals surface area contributed by atoms with Gasteiger partial charge in [0, 0.05) is 24.4 Å². The summed E-state index contributed by atoms with van der Waals surface area (Å²) >= 11 is 8.10. The second-order valence-corrected chi connectivity index (χ2v) is 11.7. The Bertz CT molecular complexity index is 659. The first-order valence-electron chi connectivity index (χ1n) is 11.9. The Morgan fingerprint density at radius 1 is 1.13 bits per heavy atom. The van der Waals surface area contributed by atoms with Crippen LogP contribution in [0.2, 0.25) is 0 Å². The van der Waals surface area contributed by atoms with E-state index in [2.05, 4.69) is 23.1 Å². The number of alkyl halides is 2. The fourth-order valence-corrected chi connectivity index (χ4v) is 7.33. The van der Waals surface area contributed by atoms with Gasteiger partial charge in [0.15, 0.2) is 0 Å². The van der Waals surface area contributed by atoms with Gasteiger partial charge in [-0.05, 0) is 63.2 Å². The van der Waals surface area contributed by atoms with Crippen LogP contribution in [0.4, 0.5) is 4.39 Å². The predicted molar refractivity (Wildman–Crippen MR) is 122 cm³/mol. The molecule has 0 spiro atoms. The summed E-state index contributed by atoms with van der Waals surface area (Å²) in [6.07, 6.45) is 7.47. The molecule has 8 unspecified atom stereocenters. The summed E-state index contributed by atoms with van der Waals surface area (Å²) in [5, 5.41) is 2.64. The lowest BCUT2D eigenvalue weighted by Gasteiger charge is -2.34. The molecule has 31 heavy (non-hydrogen) atoms. The first-order chi connectivity index (χ1) is 14.9. The molecular formula is C22H36ClFN4O2S. The lowest BCUT2D eigenvalue weighted by molar-refractivity contribution is -0.133. The van der Waals surface area contributed by atoms with Gasteiger partial charge in [0.25, 0.3) is 0 Å². The number of hydrogen-bond acceptors (Lipinski definition) is 5. The number of likely N-dealkylation sites (tertiary alicyclic amines) is 1. The lowest BCUT2D eigenvalue weighted by Crippen LogP contribution is -2.49. The Hall–Kier alpha value is -0.570. The molecule has 0 aromatic rings. The highest BCUT2D eigenvalue weighted by Crippen LogP contribution is 2.36. The van der Waals surface area contributed by atoms with Crippen molar-refractivity contribution in [2.24, 2.45) is 11.8 Å². The minimum Gasteiger partial charge on any atom is -0.351 e. The third-order valence-electron chi connectivity index (χ3n) is 7.41. The van der Waals surface area contributed by atoms with Crippen molar-refractivity contribution in [1.29, 1.82) is 0 Å². The third-order valence-corrected chi connectivity index (χ3v) is 9.27. The number of carbonyl (C=O) groups is 2. The Kier molecular flexibility index (Phi) is 8.04. The average molecular weight is 475 g/mol. The van der Waals surface area contributed by atoms with E-state index in [9.17, 15) is 14.0 Å². The quantitative estimate of drug-likeness (QED) is 0.533.